The van der Waals surface area contributed by atoms with Gasteiger partial charge in [-0.1, -0.05) is 6.07 Å². The summed E-state index contributed by atoms with van der Waals surface area (Å²) in [6, 6.07) is 6.24. The maximum Gasteiger partial charge on any atom is 0.426 e. The molecule has 1 aromatic carbocycles. The zero-order valence-electron chi connectivity index (χ0n) is 12.4. The van der Waals surface area contributed by atoms with Crippen LogP contribution in [-0.4, -0.2) is 33.6 Å². The lowest BCUT2D eigenvalue weighted by atomic mass is 10.1. The monoisotopic (exact) mass is 293 g/mol. The number of hydrogen-bond acceptors (Lipinski definition) is 3. The van der Waals surface area contributed by atoms with E-state index in [2.05, 4.69) is 10.7 Å². The van der Waals surface area contributed by atoms with Crippen LogP contribution >= 0.6 is 0 Å². The van der Waals surface area contributed by atoms with Crippen molar-refractivity contribution in [2.75, 3.05) is 5.32 Å². The molecule has 7 nitrogen and oxygen atoms in total. The molecular formula is C14H19N3O4. The highest BCUT2D eigenvalue weighted by Gasteiger charge is 2.28. The molecule has 1 aromatic rings. The van der Waals surface area contributed by atoms with Crippen LogP contribution < -0.4 is 10.7 Å². The van der Waals surface area contributed by atoms with Crippen molar-refractivity contribution in [3.05, 3.63) is 29.8 Å². The first-order valence-electron chi connectivity index (χ1n) is 6.33. The molecule has 0 heterocycles. The Kier molecular flexibility index (Phi) is 4.91. The molecule has 0 saturated heterocycles. The zero-order valence-corrected chi connectivity index (χ0v) is 12.4. The number of rotatable bonds is 2. The van der Waals surface area contributed by atoms with Gasteiger partial charge in [-0.15, -0.1) is 0 Å². The Morgan fingerprint density at radius 2 is 1.81 bits per heavy atom. The second-order valence-electron chi connectivity index (χ2n) is 5.49. The summed E-state index contributed by atoms with van der Waals surface area (Å²) in [6.07, 6.45) is -1.26. The van der Waals surface area contributed by atoms with Gasteiger partial charge in [0.25, 0.3) is 5.91 Å². The molecule has 3 N–H and O–H groups in total. The summed E-state index contributed by atoms with van der Waals surface area (Å²) in [7, 11) is 0. The highest BCUT2D eigenvalue weighted by molar-refractivity contribution is 5.97. The van der Waals surface area contributed by atoms with E-state index in [-0.39, 0.29) is 11.5 Å². The van der Waals surface area contributed by atoms with Crippen molar-refractivity contribution < 1.29 is 19.5 Å². The molecule has 0 aromatic heterocycles. The van der Waals surface area contributed by atoms with E-state index in [0.717, 1.165) is 5.01 Å². The van der Waals surface area contributed by atoms with Crippen LogP contribution in [0.25, 0.3) is 0 Å². The van der Waals surface area contributed by atoms with Gasteiger partial charge in [-0.2, -0.15) is 0 Å². The predicted octanol–water partition coefficient (Wildman–Crippen LogP) is 2.07. The molecule has 0 radical (unpaired) electrons. The van der Waals surface area contributed by atoms with Gasteiger partial charge in [0, 0.05) is 18.2 Å². The van der Waals surface area contributed by atoms with Gasteiger partial charge in [-0.25, -0.2) is 9.80 Å². The molecule has 0 fully saturated rings. The summed E-state index contributed by atoms with van der Waals surface area (Å²) in [5.74, 6) is -0.825. The third kappa shape index (κ3) is 4.79. The number of nitrogens with zero attached hydrogens (tertiary/aromatic N) is 1. The lowest BCUT2D eigenvalue weighted by Gasteiger charge is -2.32. The van der Waals surface area contributed by atoms with E-state index in [1.807, 2.05) is 0 Å². The van der Waals surface area contributed by atoms with Crippen molar-refractivity contribution >= 4 is 23.6 Å². The number of carbonyl (C=O) groups is 3. The minimum absolute atomic E-state index is 0.247. The summed E-state index contributed by atoms with van der Waals surface area (Å²) in [6.45, 7) is 6.35. The normalized spacial score (nSPS) is 10.7. The molecule has 0 spiro atoms. The fourth-order valence-electron chi connectivity index (χ4n) is 1.61. The van der Waals surface area contributed by atoms with Crippen molar-refractivity contribution in [3.8, 4) is 0 Å². The summed E-state index contributed by atoms with van der Waals surface area (Å²) in [4.78, 5) is 34.3. The molecule has 0 bridgehead atoms. The van der Waals surface area contributed by atoms with Gasteiger partial charge in [-0.05, 0) is 39.0 Å². The van der Waals surface area contributed by atoms with Crippen LogP contribution in [0, 0.1) is 0 Å². The minimum atomic E-state index is -1.26. The molecule has 1 rings (SSSR count). The third-order valence-electron chi connectivity index (χ3n) is 2.52. The number of nitrogens with one attached hydrogen (secondary N) is 2. The first kappa shape index (κ1) is 16.5. The Balaban J connectivity index is 2.93. The molecular weight excluding hydrogens is 274 g/mol. The standard InChI is InChI=1S/C14H19N3O4/c1-9(18)15-11-7-5-6-10(8-11)12(19)16-17(13(20)21)14(2,3)4/h5-8H,1-4H3,(H,15,18)(H,16,19)(H,20,21). The lowest BCUT2D eigenvalue weighted by Crippen LogP contribution is -2.55. The zero-order chi connectivity index (χ0) is 16.2. The van der Waals surface area contributed by atoms with Crippen LogP contribution in [0.15, 0.2) is 24.3 Å². The van der Waals surface area contributed by atoms with E-state index in [0.29, 0.717) is 5.69 Å². The molecule has 114 valence electrons. The van der Waals surface area contributed by atoms with Gasteiger partial charge in [0.2, 0.25) is 5.91 Å². The van der Waals surface area contributed by atoms with E-state index in [4.69, 9.17) is 5.11 Å². The maximum absolute atomic E-state index is 12.1. The second-order valence-corrected chi connectivity index (χ2v) is 5.49. The number of hydrogen-bond donors (Lipinski definition) is 3. The van der Waals surface area contributed by atoms with Crippen LogP contribution in [-0.2, 0) is 4.79 Å². The van der Waals surface area contributed by atoms with Crippen LogP contribution in [0.2, 0.25) is 0 Å². The fourth-order valence-corrected chi connectivity index (χ4v) is 1.61. The average Bonchev–Trinajstić information content (AvgIpc) is 2.33. The molecule has 3 amide bonds. The first-order chi connectivity index (χ1) is 9.61. The predicted molar refractivity (Wildman–Crippen MR) is 77.8 cm³/mol. The van der Waals surface area contributed by atoms with Crippen molar-refractivity contribution in [1.29, 1.82) is 0 Å². The number of amides is 3. The number of anilines is 1. The van der Waals surface area contributed by atoms with E-state index < -0.39 is 17.5 Å². The average molecular weight is 293 g/mol. The topological polar surface area (TPSA) is 98.7 Å². The van der Waals surface area contributed by atoms with E-state index in [1.165, 1.54) is 19.1 Å². The van der Waals surface area contributed by atoms with Crippen molar-refractivity contribution in [3.63, 3.8) is 0 Å². The smallest absolute Gasteiger partial charge is 0.426 e. The Labute approximate surface area is 122 Å². The highest BCUT2D eigenvalue weighted by Crippen LogP contribution is 2.14. The highest BCUT2D eigenvalue weighted by atomic mass is 16.4. The van der Waals surface area contributed by atoms with Crippen LogP contribution in [0.4, 0.5) is 10.5 Å². The van der Waals surface area contributed by atoms with Gasteiger partial charge in [0.15, 0.2) is 0 Å². The molecule has 21 heavy (non-hydrogen) atoms. The second kappa shape index (κ2) is 6.25. The number of carboxylic acid groups (broad SMARTS) is 1. The Morgan fingerprint density at radius 3 is 2.29 bits per heavy atom. The third-order valence-corrected chi connectivity index (χ3v) is 2.52. The lowest BCUT2D eigenvalue weighted by molar-refractivity contribution is -0.114. The summed E-state index contributed by atoms with van der Waals surface area (Å²) in [5, 5.41) is 12.5. The molecule has 7 heteroatoms. The molecule has 0 aliphatic carbocycles. The minimum Gasteiger partial charge on any atom is -0.464 e. The Bertz CT molecular complexity index is 564. The fraction of sp³-hybridized carbons (Fsp3) is 0.357. The molecule has 0 saturated carbocycles. The van der Waals surface area contributed by atoms with Crippen molar-refractivity contribution in [2.24, 2.45) is 0 Å². The van der Waals surface area contributed by atoms with E-state index in [9.17, 15) is 14.4 Å². The van der Waals surface area contributed by atoms with Gasteiger partial charge in [0.05, 0.1) is 5.54 Å². The Hall–Kier alpha value is -2.57. The van der Waals surface area contributed by atoms with Crippen LogP contribution in [0.5, 0.6) is 0 Å². The SMILES string of the molecule is CC(=O)Nc1cccc(C(=O)NN(C(=O)O)C(C)(C)C)c1. The van der Waals surface area contributed by atoms with Crippen LogP contribution in [0.1, 0.15) is 38.1 Å². The largest absolute Gasteiger partial charge is 0.464 e. The summed E-state index contributed by atoms with van der Waals surface area (Å²) in [5.41, 5.74) is 2.27. The van der Waals surface area contributed by atoms with E-state index >= 15 is 0 Å². The van der Waals surface area contributed by atoms with Crippen LogP contribution in [0.3, 0.4) is 0 Å². The van der Waals surface area contributed by atoms with Gasteiger partial charge in [-0.3, -0.25) is 15.0 Å². The molecule has 0 aliphatic rings. The van der Waals surface area contributed by atoms with Crippen molar-refractivity contribution in [2.45, 2.75) is 33.2 Å². The quantitative estimate of drug-likeness (QED) is 0.727. The van der Waals surface area contributed by atoms with E-state index in [1.54, 1.807) is 32.9 Å². The van der Waals surface area contributed by atoms with Crippen molar-refractivity contribution in [1.82, 2.24) is 10.4 Å². The summed E-state index contributed by atoms with van der Waals surface area (Å²) >= 11 is 0. The van der Waals surface area contributed by atoms with Gasteiger partial charge >= 0.3 is 6.09 Å². The molecule has 0 unspecified atom stereocenters. The number of benzene rings is 1. The Morgan fingerprint density at radius 1 is 1.19 bits per heavy atom. The first-order valence-corrected chi connectivity index (χ1v) is 6.33. The number of hydrazine groups is 1. The maximum atomic E-state index is 12.1. The molecule has 0 aliphatic heterocycles. The van der Waals surface area contributed by atoms with Gasteiger partial charge < -0.3 is 10.4 Å². The molecule has 0 atom stereocenters. The number of carbonyl (C=O) groups excluding carboxylic acids is 2. The summed E-state index contributed by atoms with van der Waals surface area (Å²) < 4.78 is 0. The van der Waals surface area contributed by atoms with Gasteiger partial charge in [0.1, 0.15) is 0 Å².